The number of hydrogen-bond donors (Lipinski definition) is 3. The van der Waals surface area contributed by atoms with Crippen LogP contribution in [0.1, 0.15) is 97.3 Å². The minimum Gasteiger partial charge on any atom is -0.481 e. The van der Waals surface area contributed by atoms with Crippen LogP contribution in [0.15, 0.2) is 34.7 Å². The van der Waals surface area contributed by atoms with Crippen LogP contribution >= 0.6 is 0 Å². The largest absolute Gasteiger partial charge is 0.481 e. The Morgan fingerprint density at radius 1 is 1.07 bits per heavy atom. The second-order valence-electron chi connectivity index (χ2n) is 10.6. The molecule has 40 heavy (non-hydrogen) atoms. The third-order valence-corrected chi connectivity index (χ3v) is 8.18. The summed E-state index contributed by atoms with van der Waals surface area (Å²) < 4.78 is 30.0. The molecule has 0 radical (unpaired) electrons. The SMILES string of the molecule is CNC(=O)c1c(-c2ccc(C)cc2)oc2nc(CN(CCCCCCCCCC(=O)O)S(=O)O)c(C3CC3)cc12. The first-order valence-corrected chi connectivity index (χ1v) is 15.2. The van der Waals surface area contributed by atoms with Crippen molar-refractivity contribution < 1.29 is 27.9 Å². The molecule has 216 valence electrons. The van der Waals surface area contributed by atoms with Gasteiger partial charge in [-0.15, -0.1) is 0 Å². The maximum atomic E-state index is 13.0. The van der Waals surface area contributed by atoms with Crippen LogP contribution in [0.3, 0.4) is 0 Å². The molecule has 2 heterocycles. The maximum absolute atomic E-state index is 13.0. The van der Waals surface area contributed by atoms with E-state index in [1.807, 2.05) is 37.3 Å². The van der Waals surface area contributed by atoms with Gasteiger partial charge < -0.3 is 14.8 Å². The summed E-state index contributed by atoms with van der Waals surface area (Å²) in [6, 6.07) is 9.78. The second-order valence-corrected chi connectivity index (χ2v) is 11.6. The molecule has 1 aliphatic rings. The summed E-state index contributed by atoms with van der Waals surface area (Å²) in [6.07, 6.45) is 8.64. The van der Waals surface area contributed by atoms with Gasteiger partial charge in [-0.3, -0.25) is 14.1 Å². The van der Waals surface area contributed by atoms with Crippen LogP contribution < -0.4 is 5.32 Å². The van der Waals surface area contributed by atoms with E-state index < -0.39 is 17.2 Å². The fourth-order valence-corrected chi connectivity index (χ4v) is 5.55. The van der Waals surface area contributed by atoms with Gasteiger partial charge in [0.1, 0.15) is 5.76 Å². The lowest BCUT2D eigenvalue weighted by atomic mass is 10.0. The van der Waals surface area contributed by atoms with Gasteiger partial charge in [-0.2, -0.15) is 4.31 Å². The number of fused-ring (bicyclic) bond motifs is 1. The molecule has 1 atom stereocenters. The van der Waals surface area contributed by atoms with Gasteiger partial charge in [0.25, 0.3) is 5.91 Å². The highest BCUT2D eigenvalue weighted by Gasteiger charge is 2.31. The fraction of sp³-hybridized carbons (Fsp3) is 0.500. The number of pyridine rings is 1. The third kappa shape index (κ3) is 7.77. The molecule has 0 spiro atoms. The number of nitrogens with one attached hydrogen (secondary N) is 1. The number of carbonyl (C=O) groups excluding carboxylic acids is 1. The number of furan rings is 1. The van der Waals surface area contributed by atoms with Gasteiger partial charge in [-0.05, 0) is 50.2 Å². The van der Waals surface area contributed by atoms with E-state index in [1.54, 1.807) is 7.05 Å². The molecule has 1 aromatic carbocycles. The Kier molecular flexibility index (Phi) is 10.5. The summed E-state index contributed by atoms with van der Waals surface area (Å²) >= 11 is -2.15. The number of nitrogens with zero attached hydrogens (tertiary/aromatic N) is 2. The minimum absolute atomic E-state index is 0.218. The summed E-state index contributed by atoms with van der Waals surface area (Å²) in [4.78, 5) is 28.4. The van der Waals surface area contributed by atoms with Crippen molar-refractivity contribution in [2.24, 2.45) is 0 Å². The summed E-state index contributed by atoms with van der Waals surface area (Å²) in [7, 11) is 1.59. The van der Waals surface area contributed by atoms with Crippen molar-refractivity contribution in [1.82, 2.24) is 14.6 Å². The lowest BCUT2D eigenvalue weighted by molar-refractivity contribution is -0.137. The second kappa shape index (κ2) is 14.0. The van der Waals surface area contributed by atoms with Gasteiger partial charge in [-0.1, -0.05) is 61.9 Å². The zero-order valence-corrected chi connectivity index (χ0v) is 24.1. The number of hydrogen-bond acceptors (Lipinski definition) is 5. The summed E-state index contributed by atoms with van der Waals surface area (Å²) in [5, 5.41) is 12.1. The van der Waals surface area contributed by atoms with Crippen molar-refractivity contribution in [2.45, 2.75) is 83.6 Å². The Balaban J connectivity index is 1.49. The third-order valence-electron chi connectivity index (χ3n) is 7.43. The Hall–Kier alpha value is -3.08. The topological polar surface area (TPSA) is 133 Å². The smallest absolute Gasteiger partial charge is 0.303 e. The monoisotopic (exact) mass is 569 g/mol. The Morgan fingerprint density at radius 3 is 2.33 bits per heavy atom. The van der Waals surface area contributed by atoms with E-state index in [4.69, 9.17) is 14.5 Å². The molecule has 1 amide bonds. The fourth-order valence-electron chi connectivity index (χ4n) is 5.04. The van der Waals surface area contributed by atoms with Gasteiger partial charge in [-0.25, -0.2) is 9.19 Å². The first kappa shape index (κ1) is 29.9. The van der Waals surface area contributed by atoms with Crippen molar-refractivity contribution in [3.63, 3.8) is 0 Å². The van der Waals surface area contributed by atoms with Crippen LogP contribution in [0.2, 0.25) is 0 Å². The lowest BCUT2D eigenvalue weighted by Gasteiger charge is -2.19. The number of carboxylic acid groups (broad SMARTS) is 1. The number of rotatable bonds is 16. The zero-order valence-electron chi connectivity index (χ0n) is 23.3. The van der Waals surface area contributed by atoms with E-state index in [-0.39, 0.29) is 18.9 Å². The van der Waals surface area contributed by atoms with Crippen molar-refractivity contribution in [2.75, 3.05) is 13.6 Å². The van der Waals surface area contributed by atoms with E-state index in [0.29, 0.717) is 47.0 Å². The number of aromatic nitrogens is 1. The molecule has 1 saturated carbocycles. The molecule has 3 N–H and O–H groups in total. The lowest BCUT2D eigenvalue weighted by Crippen LogP contribution is -2.27. The van der Waals surface area contributed by atoms with Crippen molar-refractivity contribution in [3.05, 3.63) is 52.7 Å². The van der Waals surface area contributed by atoms with Gasteiger partial charge in [0.05, 0.1) is 23.2 Å². The van der Waals surface area contributed by atoms with Gasteiger partial charge in [0, 0.05) is 25.6 Å². The number of carbonyl (C=O) groups is 2. The van der Waals surface area contributed by atoms with Crippen LogP contribution in [0.4, 0.5) is 0 Å². The van der Waals surface area contributed by atoms with E-state index in [0.717, 1.165) is 68.1 Å². The standard InChI is InChI=1S/C30H39N3O6S/c1-20-11-13-22(14-12-20)28-27(29(36)31-2)24-18-23(21-15-16-21)25(32-30(24)39-28)19-33(40(37)38)17-9-7-5-3-4-6-8-10-26(34)35/h11-14,18,21H,3-10,15-17,19H2,1-2H3,(H,31,36)(H,34,35)(H,37,38). The average Bonchev–Trinajstić information content (AvgIpc) is 3.71. The number of carboxylic acids is 1. The molecule has 2 aromatic heterocycles. The molecule has 9 nitrogen and oxygen atoms in total. The van der Waals surface area contributed by atoms with Crippen molar-refractivity contribution >= 4 is 34.2 Å². The number of aryl methyl sites for hydroxylation is 1. The molecule has 0 saturated heterocycles. The molecule has 1 unspecified atom stereocenters. The van der Waals surface area contributed by atoms with Crippen LogP contribution in [-0.2, 0) is 22.6 Å². The molecule has 3 aromatic rings. The molecule has 10 heteroatoms. The zero-order chi connectivity index (χ0) is 28.6. The molecular formula is C30H39N3O6S. The van der Waals surface area contributed by atoms with Gasteiger partial charge >= 0.3 is 5.97 Å². The predicted molar refractivity (Wildman–Crippen MR) is 155 cm³/mol. The summed E-state index contributed by atoms with van der Waals surface area (Å²) in [6.45, 7) is 2.68. The van der Waals surface area contributed by atoms with Crippen LogP contribution in [0, 0.1) is 6.92 Å². The summed E-state index contributed by atoms with van der Waals surface area (Å²) in [5.74, 6) is -0.213. The highest BCUT2D eigenvalue weighted by atomic mass is 32.2. The molecule has 4 rings (SSSR count). The van der Waals surface area contributed by atoms with E-state index in [2.05, 4.69) is 5.32 Å². The Bertz CT molecular complexity index is 1350. The first-order valence-electron chi connectivity index (χ1n) is 14.1. The maximum Gasteiger partial charge on any atom is 0.303 e. The van der Waals surface area contributed by atoms with E-state index in [9.17, 15) is 18.4 Å². The van der Waals surface area contributed by atoms with Crippen LogP contribution in [0.25, 0.3) is 22.4 Å². The number of aliphatic carboxylic acids is 1. The molecule has 1 fully saturated rings. The number of benzene rings is 1. The highest BCUT2D eigenvalue weighted by molar-refractivity contribution is 7.76. The minimum atomic E-state index is -2.15. The quantitative estimate of drug-likeness (QED) is 0.138. The Labute approximate surface area is 237 Å². The normalized spacial score (nSPS) is 14.1. The summed E-state index contributed by atoms with van der Waals surface area (Å²) in [5.41, 5.74) is 4.41. The van der Waals surface area contributed by atoms with Gasteiger partial charge in [0.2, 0.25) is 17.0 Å². The van der Waals surface area contributed by atoms with Crippen LogP contribution in [0.5, 0.6) is 0 Å². The van der Waals surface area contributed by atoms with Crippen molar-refractivity contribution in [3.8, 4) is 11.3 Å². The Morgan fingerprint density at radius 2 is 1.73 bits per heavy atom. The molecule has 0 bridgehead atoms. The van der Waals surface area contributed by atoms with E-state index in [1.165, 1.54) is 4.31 Å². The van der Waals surface area contributed by atoms with Gasteiger partial charge in [0.15, 0.2) is 0 Å². The first-order chi connectivity index (χ1) is 19.3. The number of amides is 1. The molecule has 0 aliphatic heterocycles. The molecular weight excluding hydrogens is 530 g/mol. The van der Waals surface area contributed by atoms with Crippen LogP contribution in [-0.4, -0.2) is 48.6 Å². The number of unbranched alkanes of at least 4 members (excludes halogenated alkanes) is 6. The van der Waals surface area contributed by atoms with Crippen molar-refractivity contribution in [1.29, 1.82) is 0 Å². The van der Waals surface area contributed by atoms with E-state index >= 15 is 0 Å². The molecule has 1 aliphatic carbocycles. The highest BCUT2D eigenvalue weighted by Crippen LogP contribution is 2.44. The average molecular weight is 570 g/mol. The predicted octanol–water partition coefficient (Wildman–Crippen LogP) is 6.18.